The summed E-state index contributed by atoms with van der Waals surface area (Å²) in [6.07, 6.45) is 1.75. The summed E-state index contributed by atoms with van der Waals surface area (Å²) < 4.78 is 0. The Morgan fingerprint density at radius 1 is 1.04 bits per heavy atom. The van der Waals surface area contributed by atoms with Crippen molar-refractivity contribution in [3.63, 3.8) is 0 Å². The van der Waals surface area contributed by atoms with Crippen molar-refractivity contribution in [1.29, 1.82) is 0 Å². The van der Waals surface area contributed by atoms with Crippen LogP contribution in [0.3, 0.4) is 0 Å². The summed E-state index contributed by atoms with van der Waals surface area (Å²) in [5.74, 6) is 6.27. The van der Waals surface area contributed by atoms with Crippen molar-refractivity contribution in [2.24, 2.45) is 5.92 Å². The number of pyridine rings is 1. The summed E-state index contributed by atoms with van der Waals surface area (Å²) >= 11 is 0. The first kappa shape index (κ1) is 15.3. The predicted octanol–water partition coefficient (Wildman–Crippen LogP) is 3.11. The second-order valence-electron chi connectivity index (χ2n) is 6.57. The predicted molar refractivity (Wildman–Crippen MR) is 90.8 cm³/mol. The first-order valence-corrected chi connectivity index (χ1v) is 7.82. The fourth-order valence-electron chi connectivity index (χ4n) is 2.87. The minimum absolute atomic E-state index is 0.0538. The van der Waals surface area contributed by atoms with Gasteiger partial charge in [0.05, 0.1) is 11.6 Å². The lowest BCUT2D eigenvalue weighted by molar-refractivity contribution is -0.121. The summed E-state index contributed by atoms with van der Waals surface area (Å²) in [5, 5.41) is 3.05. The number of aromatic nitrogens is 1. The molecule has 2 heterocycles. The molecule has 0 aliphatic carbocycles. The van der Waals surface area contributed by atoms with Crippen molar-refractivity contribution in [1.82, 2.24) is 10.3 Å². The van der Waals surface area contributed by atoms with Crippen LogP contribution in [0.15, 0.2) is 48.7 Å². The highest BCUT2D eigenvalue weighted by Gasteiger charge is 2.45. The van der Waals surface area contributed by atoms with E-state index >= 15 is 0 Å². The number of benzene rings is 1. The monoisotopic (exact) mass is 304 g/mol. The van der Waals surface area contributed by atoms with E-state index in [-0.39, 0.29) is 23.3 Å². The zero-order valence-electron chi connectivity index (χ0n) is 13.6. The van der Waals surface area contributed by atoms with Crippen molar-refractivity contribution >= 4 is 5.91 Å². The number of hydrogen-bond donors (Lipinski definition) is 1. The molecule has 3 nitrogen and oxygen atoms in total. The topological polar surface area (TPSA) is 42.0 Å². The number of rotatable bonds is 1. The maximum absolute atomic E-state index is 12.2. The molecule has 0 spiro atoms. The van der Waals surface area contributed by atoms with Gasteiger partial charge in [-0.25, -0.2) is 0 Å². The molecule has 23 heavy (non-hydrogen) atoms. The Labute approximate surface area is 137 Å². The molecule has 116 valence electrons. The lowest BCUT2D eigenvalue weighted by Crippen LogP contribution is -2.38. The zero-order chi connectivity index (χ0) is 16.4. The molecule has 0 radical (unpaired) electrons. The maximum Gasteiger partial charge on any atom is 0.229 e. The van der Waals surface area contributed by atoms with E-state index in [2.05, 4.69) is 42.9 Å². The minimum Gasteiger partial charge on any atom is -0.350 e. The van der Waals surface area contributed by atoms with Crippen LogP contribution >= 0.6 is 0 Å². The number of amides is 1. The molecule has 1 amide bonds. The van der Waals surface area contributed by atoms with Gasteiger partial charge >= 0.3 is 0 Å². The van der Waals surface area contributed by atoms with E-state index in [0.717, 1.165) is 16.8 Å². The molecular formula is C20H20N2O. The van der Waals surface area contributed by atoms with Gasteiger partial charge < -0.3 is 5.32 Å². The molecule has 0 saturated carbocycles. The van der Waals surface area contributed by atoms with Gasteiger partial charge in [0, 0.05) is 22.9 Å². The van der Waals surface area contributed by atoms with Crippen LogP contribution in [0.4, 0.5) is 0 Å². The third-order valence-corrected chi connectivity index (χ3v) is 4.60. The molecule has 1 N–H and O–H groups in total. The molecule has 1 fully saturated rings. The zero-order valence-corrected chi connectivity index (χ0v) is 13.6. The average Bonchev–Trinajstić information content (AvgIpc) is 2.75. The van der Waals surface area contributed by atoms with Crippen LogP contribution in [0, 0.1) is 17.8 Å². The van der Waals surface area contributed by atoms with Gasteiger partial charge in [-0.3, -0.25) is 9.78 Å². The molecule has 1 saturated heterocycles. The Kier molecular flexibility index (Phi) is 3.92. The van der Waals surface area contributed by atoms with Crippen LogP contribution in [-0.2, 0) is 4.79 Å². The number of hydrogen-bond acceptors (Lipinski definition) is 2. The van der Waals surface area contributed by atoms with Crippen molar-refractivity contribution in [2.45, 2.75) is 32.2 Å². The van der Waals surface area contributed by atoms with E-state index in [9.17, 15) is 4.79 Å². The average molecular weight is 304 g/mol. The van der Waals surface area contributed by atoms with E-state index in [4.69, 9.17) is 0 Å². The highest BCUT2D eigenvalue weighted by Crippen LogP contribution is 2.37. The lowest BCUT2D eigenvalue weighted by atomic mass is 9.82. The third kappa shape index (κ3) is 3.12. The second kappa shape index (κ2) is 5.89. The second-order valence-corrected chi connectivity index (χ2v) is 6.57. The SMILES string of the molecule is CC1C(c2ccc(C#Cc3ccccc3)cn2)C(=O)NC1(C)C. The standard InChI is InChI=1S/C20H20N2O/c1-14-18(19(23)22-20(14,2)3)17-12-11-16(13-21-17)10-9-15-7-5-4-6-8-15/h4-8,11-14,18H,1-3H3,(H,22,23). The summed E-state index contributed by atoms with van der Waals surface area (Å²) in [4.78, 5) is 16.7. The molecule has 2 aromatic rings. The van der Waals surface area contributed by atoms with E-state index in [0.29, 0.717) is 0 Å². The summed E-state index contributed by atoms with van der Waals surface area (Å²) in [6.45, 7) is 6.19. The fraction of sp³-hybridized carbons (Fsp3) is 0.300. The van der Waals surface area contributed by atoms with E-state index in [1.54, 1.807) is 6.20 Å². The molecule has 1 aliphatic heterocycles. The van der Waals surface area contributed by atoms with E-state index < -0.39 is 0 Å². The molecule has 3 rings (SSSR count). The molecular weight excluding hydrogens is 284 g/mol. The Morgan fingerprint density at radius 3 is 2.30 bits per heavy atom. The van der Waals surface area contributed by atoms with Gasteiger partial charge in [0.2, 0.25) is 5.91 Å². The summed E-state index contributed by atoms with van der Waals surface area (Å²) in [5.41, 5.74) is 2.44. The Morgan fingerprint density at radius 2 is 1.74 bits per heavy atom. The van der Waals surface area contributed by atoms with E-state index in [1.165, 1.54) is 0 Å². The Bertz CT molecular complexity index is 767. The highest BCUT2D eigenvalue weighted by molar-refractivity contribution is 5.87. The fourth-order valence-corrected chi connectivity index (χ4v) is 2.87. The van der Waals surface area contributed by atoms with Crippen LogP contribution in [0.25, 0.3) is 0 Å². The quantitative estimate of drug-likeness (QED) is 0.823. The van der Waals surface area contributed by atoms with Gasteiger partial charge in [-0.05, 0) is 44.0 Å². The van der Waals surface area contributed by atoms with Crippen LogP contribution in [0.2, 0.25) is 0 Å². The van der Waals surface area contributed by atoms with Gasteiger partial charge in [0.1, 0.15) is 0 Å². The number of carbonyl (C=O) groups is 1. The normalized spacial score (nSPS) is 22.1. The molecule has 1 aliphatic rings. The first-order valence-electron chi connectivity index (χ1n) is 7.82. The van der Waals surface area contributed by atoms with Crippen molar-refractivity contribution < 1.29 is 4.79 Å². The van der Waals surface area contributed by atoms with Crippen molar-refractivity contribution in [3.8, 4) is 11.8 Å². The van der Waals surface area contributed by atoms with Crippen LogP contribution in [0.1, 0.15) is 43.5 Å². The summed E-state index contributed by atoms with van der Waals surface area (Å²) in [6, 6.07) is 13.7. The lowest BCUT2D eigenvalue weighted by Gasteiger charge is -2.24. The summed E-state index contributed by atoms with van der Waals surface area (Å²) in [7, 11) is 0. The van der Waals surface area contributed by atoms with Crippen LogP contribution < -0.4 is 5.32 Å². The van der Waals surface area contributed by atoms with Gasteiger partial charge in [0.15, 0.2) is 0 Å². The molecule has 1 aromatic heterocycles. The van der Waals surface area contributed by atoms with Gasteiger partial charge in [0.25, 0.3) is 0 Å². The molecule has 3 heteroatoms. The van der Waals surface area contributed by atoms with Crippen molar-refractivity contribution in [3.05, 3.63) is 65.5 Å². The Hall–Kier alpha value is -2.60. The first-order chi connectivity index (χ1) is 11.0. The Balaban J connectivity index is 1.81. The number of nitrogens with one attached hydrogen (secondary N) is 1. The van der Waals surface area contributed by atoms with Crippen LogP contribution in [-0.4, -0.2) is 16.4 Å². The van der Waals surface area contributed by atoms with Crippen LogP contribution in [0.5, 0.6) is 0 Å². The minimum atomic E-state index is -0.199. The smallest absolute Gasteiger partial charge is 0.229 e. The highest BCUT2D eigenvalue weighted by atomic mass is 16.2. The molecule has 0 bridgehead atoms. The largest absolute Gasteiger partial charge is 0.350 e. The van der Waals surface area contributed by atoms with Crippen molar-refractivity contribution in [2.75, 3.05) is 0 Å². The number of nitrogens with zero attached hydrogens (tertiary/aromatic N) is 1. The van der Waals surface area contributed by atoms with Gasteiger partial charge in [-0.2, -0.15) is 0 Å². The molecule has 1 aromatic carbocycles. The number of carbonyl (C=O) groups excluding carboxylic acids is 1. The molecule has 2 atom stereocenters. The van der Waals surface area contributed by atoms with Gasteiger partial charge in [-0.1, -0.05) is 37.0 Å². The van der Waals surface area contributed by atoms with E-state index in [1.807, 2.05) is 42.5 Å². The third-order valence-electron chi connectivity index (χ3n) is 4.60. The maximum atomic E-state index is 12.2. The molecule has 2 unspecified atom stereocenters. The van der Waals surface area contributed by atoms with Gasteiger partial charge in [-0.15, -0.1) is 0 Å².